The number of carboxylic acid groups (broad SMARTS) is 1. The van der Waals surface area contributed by atoms with Crippen LogP contribution in [0.4, 0.5) is 0 Å². The van der Waals surface area contributed by atoms with Gasteiger partial charge < -0.3 is 5.11 Å². The van der Waals surface area contributed by atoms with E-state index >= 15 is 0 Å². The summed E-state index contributed by atoms with van der Waals surface area (Å²) in [6.07, 6.45) is 22.2. The highest BCUT2D eigenvalue weighted by molar-refractivity contribution is 7.99. The fourth-order valence-electron chi connectivity index (χ4n) is 5.41. The quantitative estimate of drug-likeness (QED) is 0.220. The molecule has 0 heterocycles. The van der Waals surface area contributed by atoms with Crippen LogP contribution in [0.1, 0.15) is 96.8 Å². The minimum absolute atomic E-state index is 0.303. The summed E-state index contributed by atoms with van der Waals surface area (Å²) < 4.78 is 0. The Bertz CT molecular complexity index is 434. The van der Waals surface area contributed by atoms with Crippen LogP contribution in [0.5, 0.6) is 0 Å². The third-order valence-corrected chi connectivity index (χ3v) is 7.98. The maximum atomic E-state index is 10.6. The normalized spacial score (nSPS) is 27.0. The minimum atomic E-state index is -0.671. The predicted molar refractivity (Wildman–Crippen MR) is 118 cm³/mol. The molecule has 2 aliphatic rings. The number of rotatable bonds is 16. The lowest BCUT2D eigenvalue weighted by Crippen LogP contribution is -2.22. The van der Waals surface area contributed by atoms with Gasteiger partial charge in [-0.2, -0.15) is 11.8 Å². The van der Waals surface area contributed by atoms with Crippen molar-refractivity contribution >= 4 is 17.7 Å². The zero-order chi connectivity index (χ0) is 19.3. The fourth-order valence-corrected chi connectivity index (χ4v) is 6.43. The van der Waals surface area contributed by atoms with E-state index in [4.69, 9.17) is 5.11 Å². The Balaban J connectivity index is 1.57. The molecule has 0 aliphatic heterocycles. The lowest BCUT2D eigenvalue weighted by molar-refractivity contribution is -0.137. The van der Waals surface area contributed by atoms with Gasteiger partial charge in [0.2, 0.25) is 0 Å². The van der Waals surface area contributed by atoms with Crippen molar-refractivity contribution in [2.45, 2.75) is 96.8 Å². The molecule has 0 spiro atoms. The van der Waals surface area contributed by atoms with E-state index in [0.29, 0.717) is 6.42 Å². The molecule has 2 aliphatic carbocycles. The zero-order valence-corrected chi connectivity index (χ0v) is 18.4. The molecule has 0 radical (unpaired) electrons. The number of allylic oxidation sites excluding steroid dienone is 2. The smallest absolute Gasteiger partial charge is 0.303 e. The van der Waals surface area contributed by atoms with Gasteiger partial charge in [0.05, 0.1) is 0 Å². The first-order valence-corrected chi connectivity index (χ1v) is 12.8. The molecule has 156 valence electrons. The van der Waals surface area contributed by atoms with Crippen LogP contribution >= 0.6 is 11.8 Å². The topological polar surface area (TPSA) is 37.3 Å². The number of unbranched alkanes of at least 4 members (excludes halogenated alkanes) is 5. The zero-order valence-electron chi connectivity index (χ0n) is 17.5. The third kappa shape index (κ3) is 8.62. The van der Waals surface area contributed by atoms with Crippen molar-refractivity contribution in [3.05, 3.63) is 12.2 Å². The minimum Gasteiger partial charge on any atom is -0.481 e. The van der Waals surface area contributed by atoms with Crippen LogP contribution in [0.3, 0.4) is 0 Å². The Labute approximate surface area is 172 Å². The molecule has 0 unspecified atom stereocenters. The molecule has 2 rings (SSSR count). The highest BCUT2D eigenvalue weighted by atomic mass is 32.2. The molecule has 0 aromatic carbocycles. The maximum Gasteiger partial charge on any atom is 0.303 e. The van der Waals surface area contributed by atoms with Crippen LogP contribution in [0.25, 0.3) is 0 Å². The molecule has 0 aromatic rings. The molecule has 0 aromatic heterocycles. The molecule has 2 fully saturated rings. The summed E-state index contributed by atoms with van der Waals surface area (Å²) in [7, 11) is 0. The highest BCUT2D eigenvalue weighted by Crippen LogP contribution is 2.55. The monoisotopic (exact) mass is 394 g/mol. The van der Waals surface area contributed by atoms with Crippen LogP contribution in [0, 0.1) is 23.7 Å². The lowest BCUT2D eigenvalue weighted by atomic mass is 9.75. The van der Waals surface area contributed by atoms with Gasteiger partial charge in [-0.3, -0.25) is 4.79 Å². The molecular weight excluding hydrogens is 352 g/mol. The number of carboxylic acids is 1. The first-order valence-electron chi connectivity index (χ1n) is 11.7. The van der Waals surface area contributed by atoms with E-state index in [0.717, 1.165) is 36.5 Å². The summed E-state index contributed by atoms with van der Waals surface area (Å²) in [5, 5.41) is 8.71. The number of hydrogen-bond donors (Lipinski definition) is 1. The number of carbonyl (C=O) groups is 1. The standard InChI is InChI=1S/C24H42O2S/c1-2-3-4-10-17-27-18-11-9-13-23-21-16-15-20(19-21)22(23)12-7-5-6-8-14-24(25)26/h5,7,20-23H,2-4,6,8-19H2,1H3,(H,25,26)/b7-5-/t20-,21+,22-,23+/m0/s1. The maximum absolute atomic E-state index is 10.6. The van der Waals surface area contributed by atoms with Crippen LogP contribution in [-0.2, 0) is 4.79 Å². The average molecular weight is 395 g/mol. The molecule has 2 bridgehead atoms. The highest BCUT2D eigenvalue weighted by Gasteiger charge is 2.45. The van der Waals surface area contributed by atoms with Gasteiger partial charge >= 0.3 is 5.97 Å². The molecule has 27 heavy (non-hydrogen) atoms. The second-order valence-electron chi connectivity index (χ2n) is 8.82. The summed E-state index contributed by atoms with van der Waals surface area (Å²) in [4.78, 5) is 10.6. The second-order valence-corrected chi connectivity index (χ2v) is 10.0. The van der Waals surface area contributed by atoms with E-state index in [1.165, 1.54) is 82.1 Å². The van der Waals surface area contributed by atoms with Gasteiger partial charge in [0.1, 0.15) is 0 Å². The summed E-state index contributed by atoms with van der Waals surface area (Å²) >= 11 is 2.17. The first-order chi connectivity index (χ1) is 13.2. The Morgan fingerprint density at radius 2 is 1.70 bits per heavy atom. The lowest BCUT2D eigenvalue weighted by Gasteiger charge is -2.30. The van der Waals surface area contributed by atoms with Gasteiger partial charge in [0.25, 0.3) is 0 Å². The summed E-state index contributed by atoms with van der Waals surface area (Å²) in [5.41, 5.74) is 0. The van der Waals surface area contributed by atoms with Gasteiger partial charge in [-0.25, -0.2) is 0 Å². The van der Waals surface area contributed by atoms with Crippen LogP contribution in [0.15, 0.2) is 12.2 Å². The van der Waals surface area contributed by atoms with E-state index < -0.39 is 5.97 Å². The fraction of sp³-hybridized carbons (Fsp3) is 0.875. The van der Waals surface area contributed by atoms with Crippen molar-refractivity contribution in [2.24, 2.45) is 23.7 Å². The van der Waals surface area contributed by atoms with Crippen LogP contribution in [0.2, 0.25) is 0 Å². The first kappa shape index (κ1) is 22.8. The average Bonchev–Trinajstić information content (AvgIpc) is 3.25. The van der Waals surface area contributed by atoms with Crippen molar-refractivity contribution in [2.75, 3.05) is 11.5 Å². The Morgan fingerprint density at radius 1 is 0.963 bits per heavy atom. The van der Waals surface area contributed by atoms with E-state index in [1.807, 2.05) is 0 Å². The van der Waals surface area contributed by atoms with Crippen LogP contribution in [-0.4, -0.2) is 22.6 Å². The number of thioether (sulfide) groups is 1. The van der Waals surface area contributed by atoms with E-state index in [2.05, 4.69) is 30.8 Å². The van der Waals surface area contributed by atoms with Gasteiger partial charge in [-0.15, -0.1) is 0 Å². The third-order valence-electron chi connectivity index (χ3n) is 6.83. The van der Waals surface area contributed by atoms with Crippen molar-refractivity contribution in [1.82, 2.24) is 0 Å². The largest absolute Gasteiger partial charge is 0.481 e. The number of hydrogen-bond acceptors (Lipinski definition) is 2. The van der Waals surface area contributed by atoms with Crippen molar-refractivity contribution < 1.29 is 9.90 Å². The number of aliphatic carboxylic acids is 1. The van der Waals surface area contributed by atoms with E-state index in [-0.39, 0.29) is 0 Å². The van der Waals surface area contributed by atoms with Gasteiger partial charge in [0, 0.05) is 6.42 Å². The van der Waals surface area contributed by atoms with Crippen LogP contribution < -0.4 is 0 Å². The second kappa shape index (κ2) is 13.7. The molecule has 3 heteroatoms. The van der Waals surface area contributed by atoms with Crippen molar-refractivity contribution in [1.29, 1.82) is 0 Å². The van der Waals surface area contributed by atoms with Gasteiger partial charge in [0.15, 0.2) is 0 Å². The molecule has 0 amide bonds. The Morgan fingerprint density at radius 3 is 2.44 bits per heavy atom. The molecule has 1 N–H and O–H groups in total. The number of fused-ring (bicyclic) bond motifs is 2. The van der Waals surface area contributed by atoms with Crippen molar-refractivity contribution in [3.63, 3.8) is 0 Å². The molecule has 4 atom stereocenters. The summed E-state index contributed by atoms with van der Waals surface area (Å²) in [6.45, 7) is 2.28. The summed E-state index contributed by atoms with van der Waals surface area (Å²) in [5.74, 6) is 5.95. The molecule has 0 saturated heterocycles. The van der Waals surface area contributed by atoms with E-state index in [1.54, 1.807) is 0 Å². The Hall–Kier alpha value is -0.440. The van der Waals surface area contributed by atoms with Gasteiger partial charge in [-0.05, 0) is 93.0 Å². The van der Waals surface area contributed by atoms with Crippen molar-refractivity contribution in [3.8, 4) is 0 Å². The molecule has 2 saturated carbocycles. The Kier molecular flexibility index (Phi) is 11.6. The predicted octanol–water partition coefficient (Wildman–Crippen LogP) is 7.33. The van der Waals surface area contributed by atoms with E-state index in [9.17, 15) is 4.79 Å². The molecular formula is C24H42O2S. The SMILES string of the molecule is CCCCCCSCCCC[C@@H]1[C@@H]2CC[C@@H](C2)[C@@H]1C/C=C\CCCC(=O)O. The van der Waals surface area contributed by atoms with Gasteiger partial charge in [-0.1, -0.05) is 44.8 Å². The molecule has 2 nitrogen and oxygen atoms in total. The summed E-state index contributed by atoms with van der Waals surface area (Å²) in [6, 6.07) is 0.